The number of nitriles is 1. The van der Waals surface area contributed by atoms with Crippen LogP contribution >= 0.6 is 11.6 Å². The Morgan fingerprint density at radius 3 is 2.94 bits per heavy atom. The van der Waals surface area contributed by atoms with Gasteiger partial charge in [-0.2, -0.15) is 5.26 Å². The Morgan fingerprint density at radius 1 is 1.33 bits per heavy atom. The standard InChI is InChI=1S/C24H27ClN6O2/c1-30-8-3-5-19(30)15-33-22-11-23(28-13-20(22)25)29-24(32)10-17-6-7-21(27-12-17)18-4-2-9-31(14-18)16-26/h4,6-7,11-13,19H,2-3,5,8-10,14-15H2,1H3,(H,28,29,32). The molecule has 1 fully saturated rings. The summed E-state index contributed by atoms with van der Waals surface area (Å²) >= 11 is 6.23. The van der Waals surface area contributed by atoms with Gasteiger partial charge in [0.05, 0.1) is 24.9 Å². The molecule has 0 aromatic carbocycles. The number of pyridine rings is 2. The number of likely N-dealkylation sites (N-methyl/N-ethyl adjacent to an activating group) is 1. The molecule has 0 saturated carbocycles. The average molecular weight is 467 g/mol. The van der Waals surface area contributed by atoms with Gasteiger partial charge in [0.2, 0.25) is 5.91 Å². The van der Waals surface area contributed by atoms with Gasteiger partial charge >= 0.3 is 0 Å². The summed E-state index contributed by atoms with van der Waals surface area (Å²) in [6.45, 7) is 2.92. The Balaban J connectivity index is 1.33. The largest absolute Gasteiger partial charge is 0.490 e. The number of nitrogens with zero attached hydrogens (tertiary/aromatic N) is 5. The van der Waals surface area contributed by atoms with Crippen LogP contribution in [0.25, 0.3) is 5.57 Å². The highest BCUT2D eigenvalue weighted by atomic mass is 35.5. The third-order valence-corrected chi connectivity index (χ3v) is 6.29. The molecule has 33 heavy (non-hydrogen) atoms. The molecular weight excluding hydrogens is 440 g/mol. The molecule has 0 bridgehead atoms. The molecule has 2 aliphatic rings. The maximum Gasteiger partial charge on any atom is 0.230 e. The minimum absolute atomic E-state index is 0.171. The van der Waals surface area contributed by atoms with Crippen molar-refractivity contribution in [3.63, 3.8) is 0 Å². The van der Waals surface area contributed by atoms with Crippen molar-refractivity contribution in [2.45, 2.75) is 31.7 Å². The van der Waals surface area contributed by atoms with Crippen molar-refractivity contribution in [2.75, 3.05) is 38.6 Å². The van der Waals surface area contributed by atoms with Crippen LogP contribution in [0.4, 0.5) is 5.82 Å². The second kappa shape index (κ2) is 10.6. The van der Waals surface area contributed by atoms with Crippen LogP contribution in [0.1, 0.15) is 30.5 Å². The highest BCUT2D eigenvalue weighted by molar-refractivity contribution is 6.32. The van der Waals surface area contributed by atoms with Crippen molar-refractivity contribution in [1.29, 1.82) is 5.26 Å². The first-order chi connectivity index (χ1) is 16.0. The van der Waals surface area contributed by atoms with Gasteiger partial charge in [0.15, 0.2) is 6.19 Å². The van der Waals surface area contributed by atoms with Crippen LogP contribution in [0, 0.1) is 11.5 Å². The van der Waals surface area contributed by atoms with E-state index in [9.17, 15) is 4.79 Å². The molecule has 1 unspecified atom stereocenters. The lowest BCUT2D eigenvalue weighted by Crippen LogP contribution is -2.30. The number of likely N-dealkylation sites (tertiary alicyclic amines) is 1. The van der Waals surface area contributed by atoms with E-state index in [1.165, 1.54) is 12.6 Å². The topological polar surface area (TPSA) is 94.4 Å². The lowest BCUT2D eigenvalue weighted by atomic mass is 10.1. The van der Waals surface area contributed by atoms with Crippen molar-refractivity contribution in [1.82, 2.24) is 19.8 Å². The maximum atomic E-state index is 12.5. The molecule has 0 radical (unpaired) electrons. The minimum atomic E-state index is -0.201. The zero-order valence-corrected chi connectivity index (χ0v) is 19.4. The van der Waals surface area contributed by atoms with Crippen LogP contribution in [-0.2, 0) is 11.2 Å². The first-order valence-corrected chi connectivity index (χ1v) is 11.5. The number of hydrogen-bond acceptors (Lipinski definition) is 7. The fourth-order valence-corrected chi connectivity index (χ4v) is 4.24. The fraction of sp³-hybridized carbons (Fsp3) is 0.417. The van der Waals surface area contributed by atoms with Crippen LogP contribution in [0.2, 0.25) is 5.02 Å². The highest BCUT2D eigenvalue weighted by Crippen LogP contribution is 2.27. The highest BCUT2D eigenvalue weighted by Gasteiger charge is 2.22. The zero-order valence-electron chi connectivity index (χ0n) is 18.6. The molecule has 1 amide bonds. The van der Waals surface area contributed by atoms with E-state index in [-0.39, 0.29) is 12.3 Å². The Labute approximate surface area is 198 Å². The molecule has 2 aromatic heterocycles. The first kappa shape index (κ1) is 23.0. The Bertz CT molecular complexity index is 1070. The van der Waals surface area contributed by atoms with Gasteiger partial charge in [-0.1, -0.05) is 23.7 Å². The van der Waals surface area contributed by atoms with Gasteiger partial charge in [-0.25, -0.2) is 4.98 Å². The Hall–Kier alpha value is -3.15. The van der Waals surface area contributed by atoms with Crippen LogP contribution < -0.4 is 10.1 Å². The van der Waals surface area contributed by atoms with Crippen molar-refractivity contribution in [3.8, 4) is 11.9 Å². The number of aromatic nitrogens is 2. The molecular formula is C24H27ClN6O2. The third kappa shape index (κ3) is 6.01. The van der Waals surface area contributed by atoms with E-state index < -0.39 is 0 Å². The van der Waals surface area contributed by atoms with Gasteiger partial charge < -0.3 is 19.9 Å². The molecule has 1 atom stereocenters. The minimum Gasteiger partial charge on any atom is -0.490 e. The molecule has 2 aromatic rings. The van der Waals surface area contributed by atoms with Crippen LogP contribution in [-0.4, -0.2) is 65.0 Å². The lowest BCUT2D eigenvalue weighted by molar-refractivity contribution is -0.115. The van der Waals surface area contributed by atoms with Gasteiger partial charge in [0, 0.05) is 24.8 Å². The van der Waals surface area contributed by atoms with Gasteiger partial charge in [-0.15, -0.1) is 0 Å². The van der Waals surface area contributed by atoms with E-state index in [0.29, 0.717) is 35.8 Å². The number of carbonyl (C=O) groups is 1. The quantitative estimate of drug-likeness (QED) is 0.625. The molecule has 2 aliphatic heterocycles. The summed E-state index contributed by atoms with van der Waals surface area (Å²) < 4.78 is 5.91. The zero-order chi connectivity index (χ0) is 23.2. The number of rotatable bonds is 7. The number of halogens is 1. The number of anilines is 1. The lowest BCUT2D eigenvalue weighted by Gasteiger charge is -2.21. The van der Waals surface area contributed by atoms with Crippen LogP contribution in [0.3, 0.4) is 0 Å². The normalized spacial score (nSPS) is 18.5. The van der Waals surface area contributed by atoms with Crippen molar-refractivity contribution in [2.24, 2.45) is 0 Å². The molecule has 9 heteroatoms. The van der Waals surface area contributed by atoms with Gasteiger partial charge in [0.25, 0.3) is 0 Å². The summed E-state index contributed by atoms with van der Waals surface area (Å²) in [5.74, 6) is 0.710. The Morgan fingerprint density at radius 2 is 2.21 bits per heavy atom. The van der Waals surface area contributed by atoms with Crippen molar-refractivity contribution < 1.29 is 9.53 Å². The molecule has 0 aliphatic carbocycles. The number of carbonyl (C=O) groups excluding carboxylic acids is 1. The summed E-state index contributed by atoms with van der Waals surface area (Å²) in [5.41, 5.74) is 2.65. The molecule has 0 spiro atoms. The van der Waals surface area contributed by atoms with E-state index in [4.69, 9.17) is 21.6 Å². The molecule has 172 valence electrons. The summed E-state index contributed by atoms with van der Waals surface area (Å²) in [6, 6.07) is 5.81. The molecule has 4 heterocycles. The number of ether oxygens (including phenoxy) is 1. The molecule has 8 nitrogen and oxygen atoms in total. The van der Waals surface area contributed by atoms with Crippen molar-refractivity contribution >= 4 is 28.9 Å². The third-order valence-electron chi connectivity index (χ3n) is 6.00. The fourth-order valence-electron chi connectivity index (χ4n) is 4.08. The van der Waals surface area contributed by atoms with Gasteiger partial charge in [0.1, 0.15) is 23.2 Å². The van der Waals surface area contributed by atoms with Crippen molar-refractivity contribution in [3.05, 3.63) is 52.9 Å². The second-order valence-corrected chi connectivity index (χ2v) is 8.81. The van der Waals surface area contributed by atoms with E-state index in [2.05, 4.69) is 39.5 Å². The SMILES string of the molecule is CN1CCCC1COc1cc(NC(=O)Cc2ccc(C3=CCCN(C#N)C3)nc2)ncc1Cl. The monoisotopic (exact) mass is 466 g/mol. The van der Waals surface area contributed by atoms with Gasteiger partial charge in [-0.3, -0.25) is 9.78 Å². The van der Waals surface area contributed by atoms with E-state index in [1.54, 1.807) is 17.2 Å². The number of hydrogen-bond donors (Lipinski definition) is 1. The predicted octanol–water partition coefficient (Wildman–Crippen LogP) is 3.35. The predicted molar refractivity (Wildman–Crippen MR) is 127 cm³/mol. The maximum absolute atomic E-state index is 12.5. The van der Waals surface area contributed by atoms with E-state index in [1.807, 2.05) is 12.1 Å². The average Bonchev–Trinajstić information content (AvgIpc) is 3.24. The Kier molecular flexibility index (Phi) is 7.43. The second-order valence-electron chi connectivity index (χ2n) is 8.40. The van der Waals surface area contributed by atoms with Crippen LogP contribution in [0.5, 0.6) is 5.75 Å². The number of nitrogens with one attached hydrogen (secondary N) is 1. The van der Waals surface area contributed by atoms with Gasteiger partial charge in [-0.05, 0) is 50.1 Å². The summed E-state index contributed by atoms with van der Waals surface area (Å²) in [7, 11) is 2.09. The molecule has 1 saturated heterocycles. The summed E-state index contributed by atoms with van der Waals surface area (Å²) in [4.78, 5) is 25.2. The first-order valence-electron chi connectivity index (χ1n) is 11.1. The summed E-state index contributed by atoms with van der Waals surface area (Å²) in [5, 5.41) is 12.3. The van der Waals surface area contributed by atoms with Crippen LogP contribution in [0.15, 0.2) is 36.7 Å². The smallest absolute Gasteiger partial charge is 0.230 e. The number of amides is 1. The molecule has 4 rings (SSSR count). The molecule has 1 N–H and O–H groups in total. The summed E-state index contributed by atoms with van der Waals surface area (Å²) in [6.07, 6.45) is 10.7. The van der Waals surface area contributed by atoms with E-state index >= 15 is 0 Å². The van der Waals surface area contributed by atoms with E-state index in [0.717, 1.165) is 42.8 Å².